The monoisotopic (exact) mass is 391 g/mol. The van der Waals surface area contributed by atoms with Gasteiger partial charge in [-0.2, -0.15) is 0 Å². The zero-order valence-corrected chi connectivity index (χ0v) is 15.9. The Labute approximate surface area is 164 Å². The Morgan fingerprint density at radius 3 is 2.96 bits per heavy atom. The Kier molecular flexibility index (Phi) is 4.05. The number of furan rings is 1. The van der Waals surface area contributed by atoms with Crippen LogP contribution in [0.1, 0.15) is 18.7 Å². The van der Waals surface area contributed by atoms with E-state index in [1.54, 1.807) is 0 Å². The van der Waals surface area contributed by atoms with Gasteiger partial charge in [0, 0.05) is 5.39 Å². The summed E-state index contributed by atoms with van der Waals surface area (Å²) < 4.78 is 7.75. The number of carbonyl (C=O) groups excluding carboxylic acids is 1. The van der Waals surface area contributed by atoms with Crippen molar-refractivity contribution in [3.8, 4) is 0 Å². The molecule has 5 aromatic rings. The molecule has 0 saturated heterocycles. The summed E-state index contributed by atoms with van der Waals surface area (Å²) in [4.78, 5) is 16.9. The minimum atomic E-state index is -0.214. The maximum Gasteiger partial charge on any atom is 0.231 e. The van der Waals surface area contributed by atoms with Crippen LogP contribution < -0.4 is 5.32 Å². The summed E-state index contributed by atoms with van der Waals surface area (Å²) in [5.74, 6) is 1.57. The Morgan fingerprint density at radius 2 is 2.07 bits per heavy atom. The lowest BCUT2D eigenvalue weighted by molar-refractivity contribution is -0.119. The van der Waals surface area contributed by atoms with Crippen molar-refractivity contribution in [2.24, 2.45) is 0 Å². The number of carbonyl (C=O) groups is 1. The fraction of sp³-hybridized carbons (Fsp3) is 0.150. The predicted octanol–water partition coefficient (Wildman–Crippen LogP) is 3.93. The summed E-state index contributed by atoms with van der Waals surface area (Å²) in [6, 6.07) is 17.4. The molecule has 0 radical (unpaired) electrons. The summed E-state index contributed by atoms with van der Waals surface area (Å²) in [5, 5.41) is 11.9. The summed E-state index contributed by atoms with van der Waals surface area (Å²) in [6.45, 7) is 1.91. The van der Waals surface area contributed by atoms with Gasteiger partial charge < -0.3 is 9.73 Å². The third-order valence-corrected chi connectivity index (χ3v) is 5.52. The highest BCUT2D eigenvalue weighted by molar-refractivity contribution is 7.99. The Bertz CT molecular complexity index is 1270. The fourth-order valence-electron chi connectivity index (χ4n) is 3.24. The van der Waals surface area contributed by atoms with Crippen LogP contribution in [0, 0.1) is 0 Å². The van der Waals surface area contributed by atoms with E-state index in [0.29, 0.717) is 10.9 Å². The second-order valence-corrected chi connectivity index (χ2v) is 7.47. The molecule has 0 fully saturated rings. The van der Waals surface area contributed by atoms with E-state index in [1.807, 2.05) is 65.9 Å². The van der Waals surface area contributed by atoms with Crippen LogP contribution in [0.5, 0.6) is 0 Å². The SMILES string of the molecule is CC(NC(=O)CSc1n[nH]c2nc3ccccc3n12)c1cc2ccccc2o1. The first-order chi connectivity index (χ1) is 13.7. The van der Waals surface area contributed by atoms with E-state index in [4.69, 9.17) is 4.42 Å². The average Bonchev–Trinajstić information content (AvgIpc) is 3.39. The van der Waals surface area contributed by atoms with Crippen LogP contribution in [0.4, 0.5) is 0 Å². The molecular weight excluding hydrogens is 374 g/mol. The number of aromatic amines is 1. The maximum absolute atomic E-state index is 12.4. The van der Waals surface area contributed by atoms with Gasteiger partial charge in [0.15, 0.2) is 5.16 Å². The lowest BCUT2D eigenvalue weighted by atomic mass is 10.2. The van der Waals surface area contributed by atoms with Crippen molar-refractivity contribution in [2.45, 2.75) is 18.1 Å². The van der Waals surface area contributed by atoms with Gasteiger partial charge in [0.1, 0.15) is 11.3 Å². The van der Waals surface area contributed by atoms with Crippen LogP contribution in [-0.4, -0.2) is 31.2 Å². The van der Waals surface area contributed by atoms with Crippen LogP contribution in [0.2, 0.25) is 0 Å². The van der Waals surface area contributed by atoms with E-state index in [2.05, 4.69) is 20.5 Å². The predicted molar refractivity (Wildman–Crippen MR) is 108 cm³/mol. The second kappa shape index (κ2) is 6.72. The quantitative estimate of drug-likeness (QED) is 0.443. The molecule has 8 heteroatoms. The number of para-hydroxylation sites is 3. The van der Waals surface area contributed by atoms with Gasteiger partial charge in [0.25, 0.3) is 0 Å². The molecule has 0 aliphatic carbocycles. The van der Waals surface area contributed by atoms with Gasteiger partial charge in [0.2, 0.25) is 11.7 Å². The second-order valence-electron chi connectivity index (χ2n) is 6.53. The number of benzene rings is 2. The van der Waals surface area contributed by atoms with Gasteiger partial charge in [-0.05, 0) is 31.2 Å². The lowest BCUT2D eigenvalue weighted by Gasteiger charge is -2.10. The first-order valence-corrected chi connectivity index (χ1v) is 9.90. The highest BCUT2D eigenvalue weighted by Gasteiger charge is 2.17. The van der Waals surface area contributed by atoms with E-state index >= 15 is 0 Å². The first-order valence-electron chi connectivity index (χ1n) is 8.91. The molecule has 2 N–H and O–H groups in total. The summed E-state index contributed by atoms with van der Waals surface area (Å²) in [5.41, 5.74) is 2.67. The van der Waals surface area contributed by atoms with Gasteiger partial charge >= 0.3 is 0 Å². The minimum Gasteiger partial charge on any atom is -0.459 e. The zero-order chi connectivity index (χ0) is 19.1. The average molecular weight is 391 g/mol. The first kappa shape index (κ1) is 16.9. The van der Waals surface area contributed by atoms with E-state index in [1.165, 1.54) is 11.8 Å². The number of H-pyrrole nitrogens is 1. The molecule has 0 aliphatic heterocycles. The molecule has 1 amide bonds. The van der Waals surface area contributed by atoms with E-state index in [9.17, 15) is 4.79 Å². The summed E-state index contributed by atoms with van der Waals surface area (Å²) in [7, 11) is 0. The molecule has 7 nitrogen and oxygen atoms in total. The molecule has 3 aromatic heterocycles. The van der Waals surface area contributed by atoms with Crippen LogP contribution in [0.15, 0.2) is 64.2 Å². The Hall–Kier alpha value is -3.26. The molecule has 28 heavy (non-hydrogen) atoms. The molecule has 1 unspecified atom stereocenters. The Balaban J connectivity index is 1.29. The van der Waals surface area contributed by atoms with Crippen molar-refractivity contribution in [1.29, 1.82) is 0 Å². The molecule has 0 saturated carbocycles. The van der Waals surface area contributed by atoms with Crippen LogP contribution in [-0.2, 0) is 4.79 Å². The Morgan fingerprint density at radius 1 is 1.25 bits per heavy atom. The summed E-state index contributed by atoms with van der Waals surface area (Å²) in [6.07, 6.45) is 0. The molecule has 0 bridgehead atoms. The van der Waals surface area contributed by atoms with Crippen molar-refractivity contribution in [3.05, 3.63) is 60.4 Å². The molecular formula is C20H17N5O2S. The third-order valence-electron chi connectivity index (χ3n) is 4.58. The van der Waals surface area contributed by atoms with Gasteiger partial charge in [-0.15, -0.1) is 5.10 Å². The number of hydrogen-bond donors (Lipinski definition) is 2. The lowest BCUT2D eigenvalue weighted by Crippen LogP contribution is -2.28. The number of amides is 1. The number of rotatable bonds is 5. The molecule has 3 heterocycles. The molecule has 2 aromatic carbocycles. The van der Waals surface area contributed by atoms with Crippen molar-refractivity contribution in [2.75, 3.05) is 5.75 Å². The summed E-state index contributed by atoms with van der Waals surface area (Å²) >= 11 is 1.36. The van der Waals surface area contributed by atoms with Crippen molar-refractivity contribution in [1.82, 2.24) is 24.9 Å². The topological polar surface area (TPSA) is 88.2 Å². The highest BCUT2D eigenvalue weighted by Crippen LogP contribution is 2.25. The molecule has 0 aliphatic rings. The molecule has 1 atom stereocenters. The number of nitrogens with one attached hydrogen (secondary N) is 2. The molecule has 5 rings (SSSR count). The third kappa shape index (κ3) is 2.91. The van der Waals surface area contributed by atoms with Crippen LogP contribution >= 0.6 is 11.8 Å². The van der Waals surface area contributed by atoms with E-state index in [0.717, 1.165) is 27.8 Å². The number of imidazole rings is 1. The largest absolute Gasteiger partial charge is 0.459 e. The van der Waals surface area contributed by atoms with E-state index in [-0.39, 0.29) is 17.7 Å². The minimum absolute atomic E-state index is 0.0847. The fourth-order valence-corrected chi connectivity index (χ4v) is 4.01. The van der Waals surface area contributed by atoms with Gasteiger partial charge in [-0.1, -0.05) is 42.1 Å². The van der Waals surface area contributed by atoms with Gasteiger partial charge in [-0.25, -0.2) is 10.1 Å². The van der Waals surface area contributed by atoms with Crippen molar-refractivity contribution >= 4 is 45.4 Å². The number of nitrogens with zero attached hydrogens (tertiary/aromatic N) is 3. The standard InChI is InChI=1S/C20H17N5O2S/c1-12(17-10-13-6-2-5-9-16(13)27-17)21-18(26)11-28-20-24-23-19-22-14-7-3-4-8-15(14)25(19)20/h2-10,12H,11H2,1H3,(H,21,26)(H,22,23). The highest BCUT2D eigenvalue weighted by atomic mass is 32.2. The number of fused-ring (bicyclic) bond motifs is 4. The number of aromatic nitrogens is 4. The molecule has 0 spiro atoms. The zero-order valence-electron chi connectivity index (χ0n) is 15.0. The van der Waals surface area contributed by atoms with Crippen molar-refractivity contribution < 1.29 is 9.21 Å². The number of thioether (sulfide) groups is 1. The van der Waals surface area contributed by atoms with Gasteiger partial charge in [-0.3, -0.25) is 9.20 Å². The van der Waals surface area contributed by atoms with Crippen LogP contribution in [0.3, 0.4) is 0 Å². The molecule has 140 valence electrons. The van der Waals surface area contributed by atoms with E-state index < -0.39 is 0 Å². The van der Waals surface area contributed by atoms with Gasteiger partial charge in [0.05, 0.1) is 22.8 Å². The maximum atomic E-state index is 12.4. The number of hydrogen-bond acceptors (Lipinski definition) is 5. The van der Waals surface area contributed by atoms with Crippen LogP contribution in [0.25, 0.3) is 27.8 Å². The van der Waals surface area contributed by atoms with Crippen molar-refractivity contribution in [3.63, 3.8) is 0 Å². The smallest absolute Gasteiger partial charge is 0.231 e. The normalized spacial score (nSPS) is 12.8.